The lowest BCUT2D eigenvalue weighted by Crippen LogP contribution is -2.45. The van der Waals surface area contributed by atoms with Crippen LogP contribution < -0.4 is 11.1 Å². The van der Waals surface area contributed by atoms with Crippen LogP contribution in [0.2, 0.25) is 10.0 Å². The van der Waals surface area contributed by atoms with Gasteiger partial charge in [0.25, 0.3) is 0 Å². The van der Waals surface area contributed by atoms with Crippen LogP contribution in [0.15, 0.2) is 12.1 Å². The van der Waals surface area contributed by atoms with Crippen LogP contribution in [0.4, 0.5) is 11.4 Å². The third-order valence-electron chi connectivity index (χ3n) is 2.74. The molecule has 0 aliphatic rings. The molecule has 1 rings (SSSR count). The summed E-state index contributed by atoms with van der Waals surface area (Å²) in [6.07, 6.45) is 0.525. The third kappa shape index (κ3) is 3.16. The minimum atomic E-state index is -0.844. The van der Waals surface area contributed by atoms with E-state index in [1.165, 1.54) is 0 Å². The number of anilines is 2. The summed E-state index contributed by atoms with van der Waals surface area (Å²) in [5, 5.41) is 22.4. The first-order valence-corrected chi connectivity index (χ1v) is 5.98. The van der Waals surface area contributed by atoms with Crippen molar-refractivity contribution in [3.8, 4) is 0 Å². The van der Waals surface area contributed by atoms with E-state index in [4.69, 9.17) is 28.9 Å². The molecule has 0 aromatic heterocycles. The van der Waals surface area contributed by atoms with Gasteiger partial charge in [-0.3, -0.25) is 0 Å². The van der Waals surface area contributed by atoms with E-state index in [-0.39, 0.29) is 13.2 Å². The van der Waals surface area contributed by atoms with E-state index in [2.05, 4.69) is 5.32 Å². The van der Waals surface area contributed by atoms with Crippen LogP contribution in [0.3, 0.4) is 0 Å². The summed E-state index contributed by atoms with van der Waals surface area (Å²) in [5.41, 5.74) is 5.67. The molecule has 0 saturated carbocycles. The number of halogens is 2. The van der Waals surface area contributed by atoms with Gasteiger partial charge in [-0.2, -0.15) is 0 Å². The Bertz CT molecular complexity index is 364. The van der Waals surface area contributed by atoms with Crippen LogP contribution in [0.5, 0.6) is 0 Å². The molecule has 6 heteroatoms. The average Bonchev–Trinajstić information content (AvgIpc) is 2.29. The van der Waals surface area contributed by atoms with Crippen molar-refractivity contribution in [2.75, 3.05) is 24.3 Å². The van der Waals surface area contributed by atoms with Crippen molar-refractivity contribution in [1.82, 2.24) is 0 Å². The largest absolute Gasteiger partial charge is 0.399 e. The molecular formula is C11H16Cl2N2O2. The summed E-state index contributed by atoms with van der Waals surface area (Å²) in [5.74, 6) is 0. The van der Waals surface area contributed by atoms with Gasteiger partial charge in [-0.25, -0.2) is 0 Å². The summed E-state index contributed by atoms with van der Waals surface area (Å²) in [6.45, 7) is 1.40. The summed E-state index contributed by atoms with van der Waals surface area (Å²) in [4.78, 5) is 0. The van der Waals surface area contributed by atoms with Gasteiger partial charge in [0.15, 0.2) is 0 Å². The van der Waals surface area contributed by atoms with Gasteiger partial charge in [-0.1, -0.05) is 30.1 Å². The molecule has 17 heavy (non-hydrogen) atoms. The number of aliphatic hydroxyl groups excluding tert-OH is 2. The zero-order valence-electron chi connectivity index (χ0n) is 9.50. The Morgan fingerprint density at radius 1 is 1.24 bits per heavy atom. The first kappa shape index (κ1) is 14.4. The fraction of sp³-hybridized carbons (Fsp3) is 0.455. The number of hydrogen-bond acceptors (Lipinski definition) is 4. The first-order chi connectivity index (χ1) is 7.98. The van der Waals surface area contributed by atoms with E-state index in [1.807, 2.05) is 6.92 Å². The minimum Gasteiger partial charge on any atom is -0.399 e. The minimum absolute atomic E-state index is 0.225. The van der Waals surface area contributed by atoms with E-state index in [9.17, 15) is 10.2 Å². The molecule has 0 aliphatic carbocycles. The van der Waals surface area contributed by atoms with Gasteiger partial charge in [-0.05, 0) is 18.6 Å². The molecule has 0 spiro atoms. The number of nitrogen functional groups attached to an aromatic ring is 1. The lowest BCUT2D eigenvalue weighted by Gasteiger charge is -2.31. The Morgan fingerprint density at radius 2 is 1.71 bits per heavy atom. The monoisotopic (exact) mass is 278 g/mol. The molecule has 1 aromatic rings. The fourth-order valence-electron chi connectivity index (χ4n) is 1.42. The Kier molecular flexibility index (Phi) is 4.89. The van der Waals surface area contributed by atoms with Crippen LogP contribution in [-0.2, 0) is 0 Å². The maximum Gasteiger partial charge on any atom is 0.0832 e. The zero-order chi connectivity index (χ0) is 13.1. The first-order valence-electron chi connectivity index (χ1n) is 5.22. The molecule has 0 bridgehead atoms. The van der Waals surface area contributed by atoms with Gasteiger partial charge in [0.05, 0.1) is 34.5 Å². The van der Waals surface area contributed by atoms with Crippen LogP contribution in [0.25, 0.3) is 0 Å². The summed E-state index contributed by atoms with van der Waals surface area (Å²) >= 11 is 12.0. The summed E-state index contributed by atoms with van der Waals surface area (Å²) in [7, 11) is 0. The zero-order valence-corrected chi connectivity index (χ0v) is 11.0. The normalized spacial score (nSPS) is 11.6. The third-order valence-corrected chi connectivity index (χ3v) is 3.33. The SMILES string of the molecule is CCC(CO)(CO)Nc1c(Cl)cc(N)cc1Cl. The van der Waals surface area contributed by atoms with Crippen molar-refractivity contribution in [2.45, 2.75) is 18.9 Å². The van der Waals surface area contributed by atoms with Crippen LogP contribution in [-0.4, -0.2) is 29.0 Å². The molecule has 5 N–H and O–H groups in total. The molecule has 0 atom stereocenters. The second-order valence-corrected chi connectivity index (χ2v) is 4.75. The van der Waals surface area contributed by atoms with Crippen LogP contribution in [0.1, 0.15) is 13.3 Å². The summed E-state index contributed by atoms with van der Waals surface area (Å²) < 4.78 is 0. The van der Waals surface area contributed by atoms with Crippen LogP contribution >= 0.6 is 23.2 Å². The lowest BCUT2D eigenvalue weighted by molar-refractivity contribution is 0.132. The number of benzene rings is 1. The highest BCUT2D eigenvalue weighted by Crippen LogP contribution is 2.35. The van der Waals surface area contributed by atoms with E-state index >= 15 is 0 Å². The summed E-state index contributed by atoms with van der Waals surface area (Å²) in [6, 6.07) is 3.12. The predicted molar refractivity (Wildman–Crippen MR) is 71.7 cm³/mol. The molecule has 0 heterocycles. The Balaban J connectivity index is 3.09. The number of nitrogens with one attached hydrogen (secondary N) is 1. The molecule has 0 radical (unpaired) electrons. The van der Waals surface area contributed by atoms with Gasteiger partial charge in [0.2, 0.25) is 0 Å². The van der Waals surface area contributed by atoms with Crippen molar-refractivity contribution in [2.24, 2.45) is 0 Å². The number of hydrogen-bond donors (Lipinski definition) is 4. The maximum atomic E-state index is 9.34. The Morgan fingerprint density at radius 3 is 2.06 bits per heavy atom. The average molecular weight is 279 g/mol. The number of rotatable bonds is 5. The molecule has 0 unspecified atom stereocenters. The Hall–Kier alpha value is -0.680. The van der Waals surface area contributed by atoms with Crippen molar-refractivity contribution >= 4 is 34.6 Å². The molecule has 0 fully saturated rings. The molecule has 0 aliphatic heterocycles. The standard InChI is InChI=1S/C11H16Cl2N2O2/c1-2-11(5-16,6-17)15-10-8(12)3-7(14)4-9(10)13/h3-4,15-17H,2,5-6,14H2,1H3. The van der Waals surface area contributed by atoms with Crippen molar-refractivity contribution in [1.29, 1.82) is 0 Å². The van der Waals surface area contributed by atoms with Gasteiger partial charge in [0, 0.05) is 5.69 Å². The topological polar surface area (TPSA) is 78.5 Å². The van der Waals surface area contributed by atoms with Crippen LogP contribution in [0, 0.1) is 0 Å². The van der Waals surface area contributed by atoms with E-state index < -0.39 is 5.54 Å². The number of aliphatic hydroxyl groups is 2. The highest BCUT2D eigenvalue weighted by Gasteiger charge is 2.28. The van der Waals surface area contributed by atoms with E-state index in [0.717, 1.165) is 0 Å². The number of nitrogens with two attached hydrogens (primary N) is 1. The quantitative estimate of drug-likeness (QED) is 0.622. The maximum absolute atomic E-state index is 9.34. The molecule has 0 saturated heterocycles. The smallest absolute Gasteiger partial charge is 0.0832 e. The predicted octanol–water partition coefficient (Wildman–Crippen LogP) is 2.12. The second-order valence-electron chi connectivity index (χ2n) is 3.93. The molecule has 1 aromatic carbocycles. The van der Waals surface area contributed by atoms with Crippen molar-refractivity contribution in [3.05, 3.63) is 22.2 Å². The molecule has 4 nitrogen and oxygen atoms in total. The molecular weight excluding hydrogens is 263 g/mol. The van der Waals surface area contributed by atoms with E-state index in [1.54, 1.807) is 12.1 Å². The highest BCUT2D eigenvalue weighted by atomic mass is 35.5. The second kappa shape index (κ2) is 5.78. The van der Waals surface area contributed by atoms with Gasteiger partial charge >= 0.3 is 0 Å². The fourth-order valence-corrected chi connectivity index (χ4v) is 2.02. The van der Waals surface area contributed by atoms with Crippen molar-refractivity contribution in [3.63, 3.8) is 0 Å². The molecule has 0 amide bonds. The van der Waals surface area contributed by atoms with E-state index in [0.29, 0.717) is 27.8 Å². The lowest BCUT2D eigenvalue weighted by atomic mass is 9.98. The highest BCUT2D eigenvalue weighted by molar-refractivity contribution is 6.39. The van der Waals surface area contributed by atoms with Gasteiger partial charge < -0.3 is 21.3 Å². The molecule has 96 valence electrons. The van der Waals surface area contributed by atoms with Gasteiger partial charge in [-0.15, -0.1) is 0 Å². The Labute approximate surface area is 110 Å². The van der Waals surface area contributed by atoms with Gasteiger partial charge in [0.1, 0.15) is 0 Å². The van der Waals surface area contributed by atoms with Crippen molar-refractivity contribution < 1.29 is 10.2 Å².